The summed E-state index contributed by atoms with van der Waals surface area (Å²) in [5, 5.41) is 11.1. The topological polar surface area (TPSA) is 29.5 Å². The van der Waals surface area contributed by atoms with Gasteiger partial charge < -0.3 is 9.84 Å². The summed E-state index contributed by atoms with van der Waals surface area (Å²) in [5.74, 6) is -0.173. The lowest BCUT2D eigenvalue weighted by Crippen LogP contribution is -2.07. The van der Waals surface area contributed by atoms with Crippen molar-refractivity contribution in [1.29, 1.82) is 0 Å². The molecule has 0 saturated carbocycles. The van der Waals surface area contributed by atoms with Crippen LogP contribution in [-0.4, -0.2) is 12.2 Å². The molecule has 0 aliphatic carbocycles. The number of rotatable bonds is 3. The Bertz CT molecular complexity index is 641. The first kappa shape index (κ1) is 14.8. The van der Waals surface area contributed by atoms with E-state index < -0.39 is 11.9 Å². The standard InChI is InChI=1S/C16H16ClFO2/c1-9-8-12(17)10(2)7-11(9)16(19)15-13(18)5-4-6-14(15)20-3/h4-8,16,19H,1-3H3. The summed E-state index contributed by atoms with van der Waals surface area (Å²) in [6.07, 6.45) is -1.10. The van der Waals surface area contributed by atoms with E-state index >= 15 is 0 Å². The van der Waals surface area contributed by atoms with Crippen LogP contribution in [0, 0.1) is 19.7 Å². The summed E-state index contributed by atoms with van der Waals surface area (Å²) in [7, 11) is 1.45. The van der Waals surface area contributed by atoms with Gasteiger partial charge in [-0.2, -0.15) is 0 Å². The van der Waals surface area contributed by atoms with Gasteiger partial charge in [0, 0.05) is 5.02 Å². The van der Waals surface area contributed by atoms with Gasteiger partial charge >= 0.3 is 0 Å². The Balaban J connectivity index is 2.57. The summed E-state index contributed by atoms with van der Waals surface area (Å²) in [4.78, 5) is 0. The van der Waals surface area contributed by atoms with Crippen molar-refractivity contribution in [2.75, 3.05) is 7.11 Å². The van der Waals surface area contributed by atoms with E-state index in [-0.39, 0.29) is 5.56 Å². The fourth-order valence-electron chi connectivity index (χ4n) is 2.21. The van der Waals surface area contributed by atoms with E-state index in [2.05, 4.69) is 0 Å². The van der Waals surface area contributed by atoms with Crippen molar-refractivity contribution in [2.24, 2.45) is 0 Å². The molecule has 0 radical (unpaired) electrons. The molecule has 0 aliphatic heterocycles. The quantitative estimate of drug-likeness (QED) is 0.920. The average molecular weight is 295 g/mol. The van der Waals surface area contributed by atoms with Gasteiger partial charge in [0.05, 0.1) is 12.7 Å². The lowest BCUT2D eigenvalue weighted by molar-refractivity contribution is 0.208. The number of aliphatic hydroxyl groups excluding tert-OH is 1. The van der Waals surface area contributed by atoms with Crippen LogP contribution in [0.2, 0.25) is 5.02 Å². The van der Waals surface area contributed by atoms with Crippen LogP contribution in [0.1, 0.15) is 28.4 Å². The molecule has 4 heteroatoms. The van der Waals surface area contributed by atoms with E-state index in [4.69, 9.17) is 16.3 Å². The second-order valence-corrected chi connectivity index (χ2v) is 5.12. The monoisotopic (exact) mass is 294 g/mol. The molecule has 0 aromatic heterocycles. The smallest absolute Gasteiger partial charge is 0.133 e. The highest BCUT2D eigenvalue weighted by molar-refractivity contribution is 6.31. The molecule has 1 unspecified atom stereocenters. The fourth-order valence-corrected chi connectivity index (χ4v) is 2.43. The molecule has 2 nitrogen and oxygen atoms in total. The fraction of sp³-hybridized carbons (Fsp3) is 0.250. The Morgan fingerprint density at radius 3 is 2.55 bits per heavy atom. The molecule has 1 N–H and O–H groups in total. The van der Waals surface area contributed by atoms with Crippen molar-refractivity contribution in [1.82, 2.24) is 0 Å². The van der Waals surface area contributed by atoms with Crippen LogP contribution < -0.4 is 4.74 Å². The van der Waals surface area contributed by atoms with E-state index in [1.54, 1.807) is 24.3 Å². The molecule has 0 heterocycles. The van der Waals surface area contributed by atoms with Crippen LogP contribution in [0.5, 0.6) is 5.75 Å². The average Bonchev–Trinajstić information content (AvgIpc) is 2.41. The Hall–Kier alpha value is -1.58. The zero-order valence-electron chi connectivity index (χ0n) is 11.6. The van der Waals surface area contributed by atoms with Gasteiger partial charge in [-0.05, 0) is 48.7 Å². The van der Waals surface area contributed by atoms with E-state index in [0.29, 0.717) is 16.3 Å². The van der Waals surface area contributed by atoms with Crippen molar-refractivity contribution < 1.29 is 14.2 Å². The molecule has 2 rings (SSSR count). The van der Waals surface area contributed by atoms with Gasteiger partial charge in [0.2, 0.25) is 0 Å². The third kappa shape index (κ3) is 2.65. The van der Waals surface area contributed by atoms with Crippen molar-refractivity contribution in [3.8, 4) is 5.75 Å². The van der Waals surface area contributed by atoms with Crippen LogP contribution in [0.4, 0.5) is 4.39 Å². The normalized spacial score (nSPS) is 12.3. The molecular weight excluding hydrogens is 279 g/mol. The first-order chi connectivity index (χ1) is 9.45. The van der Waals surface area contributed by atoms with Crippen LogP contribution >= 0.6 is 11.6 Å². The van der Waals surface area contributed by atoms with Crippen molar-refractivity contribution in [2.45, 2.75) is 20.0 Å². The third-order valence-corrected chi connectivity index (χ3v) is 3.76. The number of ether oxygens (including phenoxy) is 1. The summed E-state index contributed by atoms with van der Waals surface area (Å²) in [6, 6.07) is 8.01. The van der Waals surface area contributed by atoms with Gasteiger partial charge in [-0.15, -0.1) is 0 Å². The highest BCUT2D eigenvalue weighted by Crippen LogP contribution is 2.35. The van der Waals surface area contributed by atoms with E-state index in [0.717, 1.165) is 11.1 Å². The Morgan fingerprint density at radius 1 is 1.20 bits per heavy atom. The van der Waals surface area contributed by atoms with Crippen LogP contribution in [-0.2, 0) is 0 Å². The number of benzene rings is 2. The van der Waals surface area contributed by atoms with E-state index in [1.165, 1.54) is 13.2 Å². The highest BCUT2D eigenvalue weighted by atomic mass is 35.5. The largest absolute Gasteiger partial charge is 0.496 e. The molecule has 0 amide bonds. The molecular formula is C16H16ClFO2. The first-order valence-corrected chi connectivity index (χ1v) is 6.60. The minimum Gasteiger partial charge on any atom is -0.496 e. The predicted molar refractivity (Wildman–Crippen MR) is 77.9 cm³/mol. The van der Waals surface area contributed by atoms with Gasteiger partial charge in [-0.25, -0.2) is 4.39 Å². The van der Waals surface area contributed by atoms with Crippen LogP contribution in [0.25, 0.3) is 0 Å². The number of aryl methyl sites for hydroxylation is 2. The third-order valence-electron chi connectivity index (χ3n) is 3.35. The van der Waals surface area contributed by atoms with E-state index in [1.807, 2.05) is 13.8 Å². The number of hydrogen-bond acceptors (Lipinski definition) is 2. The molecule has 0 bridgehead atoms. The molecule has 1 atom stereocenters. The number of methoxy groups -OCH3 is 1. The molecule has 0 fully saturated rings. The minimum atomic E-state index is -1.10. The lowest BCUT2D eigenvalue weighted by atomic mass is 9.95. The maximum Gasteiger partial charge on any atom is 0.133 e. The second-order valence-electron chi connectivity index (χ2n) is 4.72. The van der Waals surface area contributed by atoms with Crippen molar-refractivity contribution in [3.05, 3.63) is 63.4 Å². The van der Waals surface area contributed by atoms with Gasteiger partial charge in [0.1, 0.15) is 17.7 Å². The maximum atomic E-state index is 14.0. The van der Waals surface area contributed by atoms with Crippen molar-refractivity contribution >= 4 is 11.6 Å². The number of aliphatic hydroxyl groups is 1. The van der Waals surface area contributed by atoms with Gasteiger partial charge in [0.25, 0.3) is 0 Å². The number of hydrogen-bond donors (Lipinski definition) is 1. The zero-order chi connectivity index (χ0) is 14.9. The first-order valence-electron chi connectivity index (χ1n) is 6.22. The maximum absolute atomic E-state index is 14.0. The Kier molecular flexibility index (Phi) is 4.31. The molecule has 106 valence electrons. The Labute approximate surface area is 122 Å². The molecule has 0 spiro atoms. The molecule has 2 aromatic rings. The van der Waals surface area contributed by atoms with Crippen LogP contribution in [0.15, 0.2) is 30.3 Å². The highest BCUT2D eigenvalue weighted by Gasteiger charge is 2.22. The van der Waals surface area contributed by atoms with Crippen LogP contribution in [0.3, 0.4) is 0 Å². The zero-order valence-corrected chi connectivity index (χ0v) is 12.3. The van der Waals surface area contributed by atoms with Gasteiger partial charge in [0.15, 0.2) is 0 Å². The Morgan fingerprint density at radius 2 is 1.90 bits per heavy atom. The van der Waals surface area contributed by atoms with Crippen molar-refractivity contribution in [3.63, 3.8) is 0 Å². The SMILES string of the molecule is COc1cccc(F)c1C(O)c1cc(C)c(Cl)cc1C. The molecule has 20 heavy (non-hydrogen) atoms. The summed E-state index contributed by atoms with van der Waals surface area (Å²) >= 11 is 6.05. The number of halogens is 2. The molecule has 0 aliphatic rings. The molecule has 2 aromatic carbocycles. The summed E-state index contributed by atoms with van der Waals surface area (Å²) in [5.41, 5.74) is 2.40. The van der Waals surface area contributed by atoms with Gasteiger partial charge in [-0.3, -0.25) is 0 Å². The van der Waals surface area contributed by atoms with E-state index in [9.17, 15) is 9.50 Å². The van der Waals surface area contributed by atoms with Gasteiger partial charge in [-0.1, -0.05) is 23.7 Å². The predicted octanol–water partition coefficient (Wildman–Crippen LogP) is 4.19. The lowest BCUT2D eigenvalue weighted by Gasteiger charge is -2.18. The molecule has 0 saturated heterocycles. The minimum absolute atomic E-state index is 0.139. The summed E-state index contributed by atoms with van der Waals surface area (Å²) < 4.78 is 19.2. The second kappa shape index (κ2) is 5.81. The summed E-state index contributed by atoms with van der Waals surface area (Å²) in [6.45, 7) is 3.67.